The fourth-order valence-electron chi connectivity index (χ4n) is 7.55. The lowest BCUT2D eigenvalue weighted by Gasteiger charge is -2.22. The molecule has 2 aliphatic rings. The largest absolute Gasteiger partial charge is 0.332 e. The highest BCUT2D eigenvalue weighted by Crippen LogP contribution is 2.50. The number of hydrogen-bond donors (Lipinski definition) is 2. The van der Waals surface area contributed by atoms with Gasteiger partial charge < -0.3 is 10.6 Å². The third-order valence-corrected chi connectivity index (χ3v) is 10.3. The SMILES string of the molecule is CC1(C)c2ccccc2-c2ccc(-c3ccc(NC(=S)Nc4ccc(-c5ccc6c(c5)C(C)(C)c5ccccc5-6)cc4)cc3)cc21. The molecule has 224 valence electrons. The van der Waals surface area contributed by atoms with Crippen molar-refractivity contribution in [3.8, 4) is 44.5 Å². The van der Waals surface area contributed by atoms with Gasteiger partial charge in [0.2, 0.25) is 0 Å². The summed E-state index contributed by atoms with van der Waals surface area (Å²) in [6, 6.07) is 48.3. The molecule has 8 rings (SSSR count). The van der Waals surface area contributed by atoms with E-state index in [1.54, 1.807) is 0 Å². The smallest absolute Gasteiger partial charge is 0.175 e. The number of hydrogen-bond acceptors (Lipinski definition) is 1. The third-order valence-electron chi connectivity index (χ3n) is 10.1. The first-order chi connectivity index (χ1) is 22.2. The van der Waals surface area contributed by atoms with E-state index in [2.05, 4.69) is 172 Å². The summed E-state index contributed by atoms with van der Waals surface area (Å²) < 4.78 is 0. The topological polar surface area (TPSA) is 24.1 Å². The Bertz CT molecular complexity index is 2000. The molecule has 0 saturated heterocycles. The average molecular weight is 613 g/mol. The highest BCUT2D eigenvalue weighted by atomic mass is 32.1. The number of nitrogens with one attached hydrogen (secondary N) is 2. The van der Waals surface area contributed by atoms with Crippen molar-refractivity contribution in [3.05, 3.63) is 156 Å². The van der Waals surface area contributed by atoms with E-state index in [0.717, 1.165) is 11.4 Å². The Hall–Kier alpha value is -4.99. The molecule has 0 atom stereocenters. The molecule has 2 N–H and O–H groups in total. The molecule has 6 aromatic rings. The van der Waals surface area contributed by atoms with Gasteiger partial charge in [0.25, 0.3) is 0 Å². The lowest BCUT2D eigenvalue weighted by molar-refractivity contribution is 0.660. The van der Waals surface area contributed by atoms with Crippen LogP contribution in [0.3, 0.4) is 0 Å². The van der Waals surface area contributed by atoms with Crippen LogP contribution in [0.15, 0.2) is 133 Å². The van der Waals surface area contributed by atoms with Crippen molar-refractivity contribution in [3.63, 3.8) is 0 Å². The summed E-state index contributed by atoms with van der Waals surface area (Å²) in [7, 11) is 0. The monoisotopic (exact) mass is 612 g/mol. The number of rotatable bonds is 4. The van der Waals surface area contributed by atoms with Crippen LogP contribution in [0.5, 0.6) is 0 Å². The van der Waals surface area contributed by atoms with Gasteiger partial charge in [-0.05, 0) is 115 Å². The lowest BCUT2D eigenvalue weighted by Crippen LogP contribution is -2.18. The third kappa shape index (κ3) is 4.57. The van der Waals surface area contributed by atoms with Crippen LogP contribution in [0.25, 0.3) is 44.5 Å². The minimum absolute atomic E-state index is 0.00980. The molecule has 0 fully saturated rings. The van der Waals surface area contributed by atoms with Crippen LogP contribution >= 0.6 is 12.2 Å². The molecule has 0 bridgehead atoms. The Morgan fingerprint density at radius 2 is 0.761 bits per heavy atom. The first-order valence-electron chi connectivity index (χ1n) is 16.0. The summed E-state index contributed by atoms with van der Waals surface area (Å²) in [6.07, 6.45) is 0. The number of benzene rings is 6. The second kappa shape index (κ2) is 10.5. The standard InChI is InChI=1S/C43H36N2S/c1-42(2)37-11-7-5-9-33(37)35-23-17-29(25-39(35)42)27-13-19-31(20-14-27)44-41(46)45-32-21-15-28(16-22-32)30-18-24-36-34-10-6-8-12-38(34)43(3,4)40(36)26-30/h5-26H,1-4H3,(H2,44,45,46). The summed E-state index contributed by atoms with van der Waals surface area (Å²) in [6.45, 7) is 9.29. The van der Waals surface area contributed by atoms with Crippen LogP contribution in [-0.2, 0) is 10.8 Å². The van der Waals surface area contributed by atoms with Crippen molar-refractivity contribution in [2.45, 2.75) is 38.5 Å². The van der Waals surface area contributed by atoms with Gasteiger partial charge in [-0.2, -0.15) is 0 Å². The van der Waals surface area contributed by atoms with Gasteiger partial charge in [-0.1, -0.05) is 125 Å². The van der Waals surface area contributed by atoms with E-state index in [1.807, 2.05) is 0 Å². The highest BCUT2D eigenvalue weighted by Gasteiger charge is 2.36. The molecule has 46 heavy (non-hydrogen) atoms. The van der Waals surface area contributed by atoms with Crippen LogP contribution in [0, 0.1) is 0 Å². The summed E-state index contributed by atoms with van der Waals surface area (Å²) in [4.78, 5) is 0. The predicted octanol–water partition coefficient (Wildman–Crippen LogP) is 11.4. The predicted molar refractivity (Wildman–Crippen MR) is 199 cm³/mol. The normalized spacial score (nSPS) is 14.5. The Balaban J connectivity index is 0.941. The second-order valence-electron chi connectivity index (χ2n) is 13.6. The first-order valence-corrected chi connectivity index (χ1v) is 16.4. The van der Waals surface area contributed by atoms with Crippen molar-refractivity contribution in [2.24, 2.45) is 0 Å². The number of fused-ring (bicyclic) bond motifs is 6. The molecule has 6 aromatic carbocycles. The second-order valence-corrected chi connectivity index (χ2v) is 14.0. The maximum Gasteiger partial charge on any atom is 0.175 e. The molecule has 0 unspecified atom stereocenters. The zero-order valence-electron chi connectivity index (χ0n) is 26.6. The van der Waals surface area contributed by atoms with E-state index in [-0.39, 0.29) is 10.8 Å². The summed E-state index contributed by atoms with van der Waals surface area (Å²) >= 11 is 5.68. The molecule has 0 spiro atoms. The molecule has 0 saturated carbocycles. The van der Waals surface area contributed by atoms with Gasteiger partial charge in [-0.25, -0.2) is 0 Å². The van der Waals surface area contributed by atoms with E-state index >= 15 is 0 Å². The Morgan fingerprint density at radius 3 is 1.17 bits per heavy atom. The van der Waals surface area contributed by atoms with E-state index in [0.29, 0.717) is 5.11 Å². The summed E-state index contributed by atoms with van der Waals surface area (Å²) in [5.41, 5.74) is 17.7. The molecule has 0 amide bonds. The van der Waals surface area contributed by atoms with Crippen molar-refractivity contribution >= 4 is 28.7 Å². The van der Waals surface area contributed by atoms with Gasteiger partial charge in [0.15, 0.2) is 5.11 Å². The first kappa shape index (κ1) is 28.5. The Kier molecular flexibility index (Phi) is 6.53. The molecular formula is C43H36N2S. The fourth-order valence-corrected chi connectivity index (χ4v) is 7.79. The maximum atomic E-state index is 5.68. The fraction of sp³-hybridized carbons (Fsp3) is 0.140. The van der Waals surface area contributed by atoms with E-state index < -0.39 is 0 Å². The van der Waals surface area contributed by atoms with E-state index in [1.165, 1.54) is 66.8 Å². The minimum atomic E-state index is -0.00980. The molecule has 2 nitrogen and oxygen atoms in total. The van der Waals surface area contributed by atoms with Gasteiger partial charge in [0.05, 0.1) is 0 Å². The molecule has 3 heteroatoms. The summed E-state index contributed by atoms with van der Waals surface area (Å²) in [5, 5.41) is 7.26. The molecular weight excluding hydrogens is 577 g/mol. The van der Waals surface area contributed by atoms with Gasteiger partial charge in [0.1, 0.15) is 0 Å². The Morgan fingerprint density at radius 1 is 0.413 bits per heavy atom. The van der Waals surface area contributed by atoms with Gasteiger partial charge in [-0.3, -0.25) is 0 Å². The van der Waals surface area contributed by atoms with Crippen molar-refractivity contribution in [1.29, 1.82) is 0 Å². The van der Waals surface area contributed by atoms with Crippen LogP contribution in [0.1, 0.15) is 49.9 Å². The van der Waals surface area contributed by atoms with Crippen molar-refractivity contribution in [1.82, 2.24) is 0 Å². The zero-order chi connectivity index (χ0) is 31.6. The van der Waals surface area contributed by atoms with Crippen molar-refractivity contribution < 1.29 is 0 Å². The Labute approximate surface area is 277 Å². The van der Waals surface area contributed by atoms with Crippen LogP contribution in [0.4, 0.5) is 11.4 Å². The minimum Gasteiger partial charge on any atom is -0.332 e. The van der Waals surface area contributed by atoms with E-state index in [9.17, 15) is 0 Å². The van der Waals surface area contributed by atoms with E-state index in [4.69, 9.17) is 12.2 Å². The molecule has 0 heterocycles. The van der Waals surface area contributed by atoms with Crippen LogP contribution < -0.4 is 10.6 Å². The number of anilines is 2. The summed E-state index contributed by atoms with van der Waals surface area (Å²) in [5.74, 6) is 0. The molecule has 0 aromatic heterocycles. The lowest BCUT2D eigenvalue weighted by atomic mass is 9.81. The molecule has 0 aliphatic heterocycles. The van der Waals surface area contributed by atoms with Gasteiger partial charge >= 0.3 is 0 Å². The maximum absolute atomic E-state index is 5.68. The van der Waals surface area contributed by atoms with Crippen LogP contribution in [-0.4, -0.2) is 5.11 Å². The highest BCUT2D eigenvalue weighted by molar-refractivity contribution is 7.80. The van der Waals surface area contributed by atoms with Crippen LogP contribution in [0.2, 0.25) is 0 Å². The molecule has 0 radical (unpaired) electrons. The number of thiocarbonyl (C=S) groups is 1. The quantitative estimate of drug-likeness (QED) is 0.194. The average Bonchev–Trinajstić information content (AvgIpc) is 3.44. The van der Waals surface area contributed by atoms with Crippen molar-refractivity contribution in [2.75, 3.05) is 10.6 Å². The van der Waals surface area contributed by atoms with Gasteiger partial charge in [-0.15, -0.1) is 0 Å². The zero-order valence-corrected chi connectivity index (χ0v) is 27.4. The van der Waals surface area contributed by atoms with Gasteiger partial charge in [0, 0.05) is 22.2 Å². The molecule has 2 aliphatic carbocycles.